The number of hydrogen-bond donors (Lipinski definition) is 3. The standard InChI is InChI=1S/C7H12N4O2/c1-2-11-3-8-5-4(11)6(12)10-7(13)9-5/h4-5,8H,2-3H2,1H3,(H2,9,10,12,13). The normalized spacial score (nSPS) is 33.9. The minimum atomic E-state index is -0.420. The van der Waals surface area contributed by atoms with Crippen LogP contribution in [0.5, 0.6) is 0 Å². The third-order valence-electron chi connectivity index (χ3n) is 2.42. The number of hydrogen-bond acceptors (Lipinski definition) is 4. The first kappa shape index (κ1) is 8.46. The molecule has 0 aromatic rings. The number of imide groups is 1. The van der Waals surface area contributed by atoms with E-state index >= 15 is 0 Å². The summed E-state index contributed by atoms with van der Waals surface area (Å²) in [6.07, 6.45) is -0.235. The van der Waals surface area contributed by atoms with Crippen molar-refractivity contribution < 1.29 is 9.59 Å². The fourth-order valence-electron chi connectivity index (χ4n) is 1.76. The zero-order valence-electron chi connectivity index (χ0n) is 7.33. The molecule has 2 fully saturated rings. The summed E-state index contributed by atoms with van der Waals surface area (Å²) in [6.45, 7) is 3.41. The Hall–Kier alpha value is -1.14. The number of likely N-dealkylation sites (N-methyl/N-ethyl adjacent to an activating group) is 1. The maximum Gasteiger partial charge on any atom is 0.322 e. The van der Waals surface area contributed by atoms with Crippen molar-refractivity contribution in [3.05, 3.63) is 0 Å². The van der Waals surface area contributed by atoms with Crippen LogP contribution in [-0.4, -0.2) is 42.3 Å². The molecular formula is C7H12N4O2. The fourth-order valence-corrected chi connectivity index (χ4v) is 1.76. The van der Waals surface area contributed by atoms with Crippen LogP contribution in [0.15, 0.2) is 0 Å². The van der Waals surface area contributed by atoms with Crippen LogP contribution in [0.2, 0.25) is 0 Å². The van der Waals surface area contributed by atoms with E-state index in [4.69, 9.17) is 0 Å². The maximum absolute atomic E-state index is 11.4. The number of amides is 3. The Morgan fingerprint density at radius 2 is 2.31 bits per heavy atom. The largest absolute Gasteiger partial charge is 0.322 e. The zero-order chi connectivity index (χ0) is 9.42. The Labute approximate surface area is 75.6 Å². The lowest BCUT2D eigenvalue weighted by molar-refractivity contribution is -0.125. The number of rotatable bonds is 1. The van der Waals surface area contributed by atoms with Crippen molar-refractivity contribution in [2.45, 2.75) is 19.1 Å². The number of carbonyl (C=O) groups is 2. The van der Waals surface area contributed by atoms with Crippen LogP contribution < -0.4 is 16.0 Å². The highest BCUT2D eigenvalue weighted by Crippen LogP contribution is 2.11. The van der Waals surface area contributed by atoms with Gasteiger partial charge in [0.25, 0.3) is 0 Å². The Morgan fingerprint density at radius 3 is 3.00 bits per heavy atom. The smallest absolute Gasteiger partial charge is 0.320 e. The third-order valence-corrected chi connectivity index (χ3v) is 2.42. The van der Waals surface area contributed by atoms with Crippen molar-refractivity contribution in [3.8, 4) is 0 Å². The molecule has 3 N–H and O–H groups in total. The molecular weight excluding hydrogens is 172 g/mol. The molecule has 0 radical (unpaired) electrons. The molecule has 6 heteroatoms. The Balaban J connectivity index is 2.16. The van der Waals surface area contributed by atoms with E-state index in [0.717, 1.165) is 6.54 Å². The van der Waals surface area contributed by atoms with E-state index in [-0.39, 0.29) is 18.1 Å². The predicted molar refractivity (Wildman–Crippen MR) is 44.6 cm³/mol. The van der Waals surface area contributed by atoms with Gasteiger partial charge in [0.15, 0.2) is 0 Å². The van der Waals surface area contributed by atoms with Crippen molar-refractivity contribution in [1.29, 1.82) is 0 Å². The average molecular weight is 184 g/mol. The Morgan fingerprint density at radius 1 is 1.54 bits per heavy atom. The zero-order valence-corrected chi connectivity index (χ0v) is 7.33. The molecule has 2 unspecified atom stereocenters. The second-order valence-corrected chi connectivity index (χ2v) is 3.15. The summed E-state index contributed by atoms with van der Waals surface area (Å²) in [5, 5.41) is 7.95. The summed E-state index contributed by atoms with van der Waals surface area (Å²) in [6, 6.07) is -0.681. The van der Waals surface area contributed by atoms with Crippen LogP contribution in [0.3, 0.4) is 0 Å². The van der Waals surface area contributed by atoms with Crippen LogP contribution in [0, 0.1) is 0 Å². The Kier molecular flexibility index (Phi) is 1.93. The van der Waals surface area contributed by atoms with Gasteiger partial charge in [-0.05, 0) is 6.54 Å². The summed E-state index contributed by atoms with van der Waals surface area (Å²) in [5.74, 6) is -0.222. The number of urea groups is 1. The van der Waals surface area contributed by atoms with E-state index in [1.165, 1.54) is 0 Å². The van der Waals surface area contributed by atoms with Crippen LogP contribution in [0.25, 0.3) is 0 Å². The highest BCUT2D eigenvalue weighted by atomic mass is 16.2. The molecule has 2 heterocycles. The topological polar surface area (TPSA) is 73.5 Å². The van der Waals surface area contributed by atoms with Crippen LogP contribution in [0.1, 0.15) is 6.92 Å². The molecule has 0 aromatic carbocycles. The first-order valence-electron chi connectivity index (χ1n) is 4.31. The monoisotopic (exact) mass is 184 g/mol. The fraction of sp³-hybridized carbons (Fsp3) is 0.714. The van der Waals surface area contributed by atoms with Crippen LogP contribution in [-0.2, 0) is 4.79 Å². The van der Waals surface area contributed by atoms with E-state index in [0.29, 0.717) is 6.67 Å². The molecule has 2 rings (SSSR count). The van der Waals surface area contributed by atoms with Crippen molar-refractivity contribution >= 4 is 11.9 Å². The van der Waals surface area contributed by atoms with Crippen molar-refractivity contribution in [2.24, 2.45) is 0 Å². The minimum absolute atomic E-state index is 0.222. The average Bonchev–Trinajstić information content (AvgIpc) is 2.47. The molecule has 2 atom stereocenters. The molecule has 6 nitrogen and oxygen atoms in total. The van der Waals surface area contributed by atoms with Crippen molar-refractivity contribution in [2.75, 3.05) is 13.2 Å². The number of nitrogens with zero attached hydrogens (tertiary/aromatic N) is 1. The molecule has 0 aromatic heterocycles. The quantitative estimate of drug-likeness (QED) is 0.459. The summed E-state index contributed by atoms with van der Waals surface area (Å²) in [7, 11) is 0. The SMILES string of the molecule is CCN1CNC2NC(=O)NC(=O)C21. The summed E-state index contributed by atoms with van der Waals surface area (Å²) >= 11 is 0. The second kappa shape index (κ2) is 2.97. The molecule has 0 aliphatic carbocycles. The van der Waals surface area contributed by atoms with Gasteiger partial charge in [0.05, 0.1) is 6.67 Å². The molecule has 0 spiro atoms. The molecule has 2 aliphatic rings. The van der Waals surface area contributed by atoms with Gasteiger partial charge >= 0.3 is 6.03 Å². The predicted octanol–water partition coefficient (Wildman–Crippen LogP) is -1.60. The van der Waals surface area contributed by atoms with Gasteiger partial charge < -0.3 is 5.32 Å². The lowest BCUT2D eigenvalue weighted by Crippen LogP contribution is -2.64. The van der Waals surface area contributed by atoms with E-state index in [1.54, 1.807) is 0 Å². The third kappa shape index (κ3) is 1.27. The molecule has 0 bridgehead atoms. The van der Waals surface area contributed by atoms with Gasteiger partial charge in [-0.2, -0.15) is 0 Å². The van der Waals surface area contributed by atoms with Gasteiger partial charge in [0, 0.05) is 0 Å². The van der Waals surface area contributed by atoms with E-state index in [9.17, 15) is 9.59 Å². The van der Waals surface area contributed by atoms with Gasteiger partial charge in [0.2, 0.25) is 5.91 Å². The molecule has 0 saturated carbocycles. The number of carbonyl (C=O) groups excluding carboxylic acids is 2. The van der Waals surface area contributed by atoms with E-state index in [2.05, 4.69) is 16.0 Å². The Bertz CT molecular complexity index is 255. The van der Waals surface area contributed by atoms with Crippen molar-refractivity contribution in [3.63, 3.8) is 0 Å². The molecule has 13 heavy (non-hydrogen) atoms. The van der Waals surface area contributed by atoms with Crippen LogP contribution >= 0.6 is 0 Å². The van der Waals surface area contributed by atoms with Gasteiger partial charge in [-0.1, -0.05) is 6.92 Å². The molecule has 2 saturated heterocycles. The van der Waals surface area contributed by atoms with Gasteiger partial charge in [-0.15, -0.1) is 0 Å². The number of nitrogens with one attached hydrogen (secondary N) is 3. The van der Waals surface area contributed by atoms with Gasteiger partial charge in [-0.3, -0.25) is 20.3 Å². The highest BCUT2D eigenvalue weighted by molar-refractivity contribution is 6.00. The number of fused-ring (bicyclic) bond motifs is 1. The highest BCUT2D eigenvalue weighted by Gasteiger charge is 2.42. The molecule has 3 amide bonds. The second-order valence-electron chi connectivity index (χ2n) is 3.15. The van der Waals surface area contributed by atoms with Crippen molar-refractivity contribution in [1.82, 2.24) is 20.9 Å². The minimum Gasteiger partial charge on any atom is -0.320 e. The van der Waals surface area contributed by atoms with Gasteiger partial charge in [-0.25, -0.2) is 4.79 Å². The first-order valence-corrected chi connectivity index (χ1v) is 4.31. The summed E-state index contributed by atoms with van der Waals surface area (Å²) in [4.78, 5) is 24.3. The van der Waals surface area contributed by atoms with Gasteiger partial charge in [0.1, 0.15) is 12.2 Å². The van der Waals surface area contributed by atoms with Crippen LogP contribution in [0.4, 0.5) is 4.79 Å². The summed E-state index contributed by atoms with van der Waals surface area (Å²) < 4.78 is 0. The lowest BCUT2D eigenvalue weighted by atomic mass is 10.2. The maximum atomic E-state index is 11.4. The first-order chi connectivity index (χ1) is 6.22. The van der Waals surface area contributed by atoms with E-state index < -0.39 is 6.03 Å². The molecule has 2 aliphatic heterocycles. The lowest BCUT2D eigenvalue weighted by Gasteiger charge is -2.29. The summed E-state index contributed by atoms with van der Waals surface area (Å²) in [5.41, 5.74) is 0. The molecule has 72 valence electrons. The van der Waals surface area contributed by atoms with E-state index in [1.807, 2.05) is 11.8 Å².